The van der Waals surface area contributed by atoms with E-state index >= 15 is 0 Å². The molecule has 0 saturated heterocycles. The summed E-state index contributed by atoms with van der Waals surface area (Å²) in [5.41, 5.74) is 5.23. The minimum absolute atomic E-state index is 0.293. The minimum atomic E-state index is -0.588. The molecule has 1 heterocycles. The van der Waals surface area contributed by atoms with Gasteiger partial charge < -0.3 is 14.6 Å². The first kappa shape index (κ1) is 26.2. The number of aromatic nitrogens is 2. The lowest BCUT2D eigenvalue weighted by molar-refractivity contribution is 0.00774. The van der Waals surface area contributed by atoms with Crippen LogP contribution in [0.2, 0.25) is 0 Å². The van der Waals surface area contributed by atoms with Crippen molar-refractivity contribution in [2.45, 2.75) is 39.0 Å². The molecule has 0 bridgehead atoms. The Balaban J connectivity index is 1.36. The summed E-state index contributed by atoms with van der Waals surface area (Å²) in [6, 6.07) is 28.4. The fourth-order valence-electron chi connectivity index (χ4n) is 4.77. The highest BCUT2D eigenvalue weighted by atomic mass is 16.5. The average molecular weight is 512 g/mol. The molecule has 198 valence electrons. The maximum atomic E-state index is 10.9. The van der Waals surface area contributed by atoms with Crippen LogP contribution >= 0.6 is 0 Å². The normalized spacial score (nSPS) is 14.1. The summed E-state index contributed by atoms with van der Waals surface area (Å²) < 4.78 is 14.1. The molecule has 1 aliphatic rings. The van der Waals surface area contributed by atoms with Crippen molar-refractivity contribution in [2.75, 3.05) is 19.7 Å². The van der Waals surface area contributed by atoms with E-state index in [0.29, 0.717) is 32.2 Å². The van der Waals surface area contributed by atoms with Gasteiger partial charge in [-0.05, 0) is 48.9 Å². The quantitative estimate of drug-likeness (QED) is 0.239. The molecule has 1 atom stereocenters. The summed E-state index contributed by atoms with van der Waals surface area (Å²) in [7, 11) is 1.93. The summed E-state index contributed by atoms with van der Waals surface area (Å²) in [5, 5.41) is 15.8. The highest BCUT2D eigenvalue weighted by molar-refractivity contribution is 5.65. The summed E-state index contributed by atoms with van der Waals surface area (Å²) in [4.78, 5) is 2.33. The molecule has 0 radical (unpaired) electrons. The van der Waals surface area contributed by atoms with Gasteiger partial charge in [-0.15, -0.1) is 0 Å². The summed E-state index contributed by atoms with van der Waals surface area (Å²) in [6.07, 6.45) is 1.89. The maximum absolute atomic E-state index is 10.9. The molecule has 3 aromatic carbocycles. The Morgan fingerprint density at radius 2 is 1.74 bits per heavy atom. The van der Waals surface area contributed by atoms with Crippen molar-refractivity contribution in [3.8, 4) is 22.9 Å². The lowest BCUT2D eigenvalue weighted by Gasteiger charge is -2.25. The molecule has 4 aromatic rings. The number of benzene rings is 3. The Hall–Kier alpha value is -3.45. The monoisotopic (exact) mass is 511 g/mol. The Bertz CT molecular complexity index is 1300. The second-order valence-corrected chi connectivity index (χ2v) is 10.3. The number of hydrogen-bond donors (Lipinski definition) is 1. The van der Waals surface area contributed by atoms with Gasteiger partial charge in [0, 0.05) is 32.2 Å². The minimum Gasteiger partial charge on any atom is -0.439 e. The fraction of sp³-hybridized carbons (Fsp3) is 0.344. The number of nitrogens with zero attached hydrogens (tertiary/aromatic N) is 3. The molecule has 0 aliphatic heterocycles. The van der Waals surface area contributed by atoms with E-state index in [4.69, 9.17) is 14.6 Å². The molecule has 1 unspecified atom stereocenters. The van der Waals surface area contributed by atoms with E-state index in [1.165, 1.54) is 12.8 Å². The molecule has 1 saturated carbocycles. The highest BCUT2D eigenvalue weighted by Gasteiger charge is 2.28. The van der Waals surface area contributed by atoms with Gasteiger partial charge in [-0.1, -0.05) is 72.8 Å². The first-order valence-electron chi connectivity index (χ1n) is 13.4. The largest absolute Gasteiger partial charge is 0.439 e. The number of ether oxygens (including phenoxy) is 2. The second-order valence-electron chi connectivity index (χ2n) is 10.3. The van der Waals surface area contributed by atoms with Crippen LogP contribution < -0.4 is 4.74 Å². The van der Waals surface area contributed by atoms with E-state index < -0.39 is 6.10 Å². The van der Waals surface area contributed by atoms with E-state index in [-0.39, 0.29) is 0 Å². The van der Waals surface area contributed by atoms with Crippen LogP contribution in [-0.4, -0.2) is 45.6 Å². The summed E-state index contributed by atoms with van der Waals surface area (Å²) in [6.45, 7) is 4.94. The Morgan fingerprint density at radius 1 is 1.00 bits per heavy atom. The van der Waals surface area contributed by atoms with Crippen LogP contribution in [0.3, 0.4) is 0 Å². The standard InChI is InChI=1S/C32H37N3O3/c1-24-10-9-15-29(18-24)38-32-30(31(33-34(32)2)27-13-7-4-8-14-27)21-35(19-25-16-17-25)20-28(36)23-37-22-26-11-5-3-6-12-26/h3-15,18,25,28,36H,16-17,19-23H2,1-2H3. The third-order valence-corrected chi connectivity index (χ3v) is 6.82. The fourth-order valence-corrected chi connectivity index (χ4v) is 4.77. The van der Waals surface area contributed by atoms with Gasteiger partial charge in [0.2, 0.25) is 5.88 Å². The van der Waals surface area contributed by atoms with Crippen molar-refractivity contribution < 1.29 is 14.6 Å². The predicted molar refractivity (Wildman–Crippen MR) is 150 cm³/mol. The predicted octanol–water partition coefficient (Wildman–Crippen LogP) is 5.98. The van der Waals surface area contributed by atoms with Crippen molar-refractivity contribution in [2.24, 2.45) is 13.0 Å². The molecule has 38 heavy (non-hydrogen) atoms. The van der Waals surface area contributed by atoms with Crippen LogP contribution in [0.5, 0.6) is 11.6 Å². The van der Waals surface area contributed by atoms with Crippen molar-refractivity contribution >= 4 is 0 Å². The van der Waals surface area contributed by atoms with Crippen LogP contribution in [0.4, 0.5) is 0 Å². The number of rotatable bonds is 13. The van der Waals surface area contributed by atoms with Crippen LogP contribution in [0, 0.1) is 12.8 Å². The zero-order valence-electron chi connectivity index (χ0n) is 22.3. The van der Waals surface area contributed by atoms with Crippen molar-refractivity contribution in [1.29, 1.82) is 0 Å². The van der Waals surface area contributed by atoms with Crippen molar-refractivity contribution in [3.05, 3.63) is 102 Å². The van der Waals surface area contributed by atoms with Gasteiger partial charge in [-0.2, -0.15) is 5.10 Å². The Morgan fingerprint density at radius 3 is 2.45 bits per heavy atom. The first-order chi connectivity index (χ1) is 18.5. The second kappa shape index (κ2) is 12.4. The first-order valence-corrected chi connectivity index (χ1v) is 13.4. The van der Waals surface area contributed by atoms with Crippen LogP contribution in [0.15, 0.2) is 84.9 Å². The Labute approximate surface area is 225 Å². The molecule has 1 aliphatic carbocycles. The van der Waals surface area contributed by atoms with E-state index in [1.807, 2.05) is 78.5 Å². The molecular formula is C32H37N3O3. The maximum Gasteiger partial charge on any atom is 0.222 e. The molecule has 0 amide bonds. The smallest absolute Gasteiger partial charge is 0.222 e. The number of aliphatic hydroxyl groups excluding tert-OH is 1. The molecule has 6 nitrogen and oxygen atoms in total. The van der Waals surface area contributed by atoms with Gasteiger partial charge in [0.15, 0.2) is 0 Å². The molecular weight excluding hydrogens is 474 g/mol. The van der Waals surface area contributed by atoms with Gasteiger partial charge in [0.1, 0.15) is 11.4 Å². The number of aliphatic hydroxyl groups is 1. The topological polar surface area (TPSA) is 59.8 Å². The lowest BCUT2D eigenvalue weighted by Crippen LogP contribution is -2.36. The van der Waals surface area contributed by atoms with Crippen LogP contribution in [0.1, 0.15) is 29.5 Å². The van der Waals surface area contributed by atoms with Gasteiger partial charge in [0.25, 0.3) is 0 Å². The third kappa shape index (κ3) is 7.10. The summed E-state index contributed by atoms with van der Waals surface area (Å²) >= 11 is 0. The molecule has 6 heteroatoms. The van der Waals surface area contributed by atoms with Crippen molar-refractivity contribution in [1.82, 2.24) is 14.7 Å². The SMILES string of the molecule is Cc1cccc(Oc2c(CN(CC(O)COCc3ccccc3)CC3CC3)c(-c3ccccc3)nn2C)c1. The van der Waals surface area contributed by atoms with E-state index in [9.17, 15) is 5.11 Å². The van der Waals surface area contributed by atoms with Gasteiger partial charge in [-0.25, -0.2) is 4.68 Å². The van der Waals surface area contributed by atoms with E-state index in [1.54, 1.807) is 0 Å². The number of hydrogen-bond acceptors (Lipinski definition) is 5. The molecule has 1 N–H and O–H groups in total. The zero-order chi connectivity index (χ0) is 26.3. The Kier molecular flexibility index (Phi) is 8.54. The molecule has 0 spiro atoms. The van der Waals surface area contributed by atoms with Gasteiger partial charge in [0.05, 0.1) is 24.9 Å². The average Bonchev–Trinajstić information content (AvgIpc) is 3.69. The van der Waals surface area contributed by atoms with E-state index in [0.717, 1.165) is 46.1 Å². The zero-order valence-corrected chi connectivity index (χ0v) is 22.3. The third-order valence-electron chi connectivity index (χ3n) is 6.82. The van der Waals surface area contributed by atoms with Gasteiger partial charge in [-0.3, -0.25) is 4.90 Å². The van der Waals surface area contributed by atoms with Crippen LogP contribution in [0.25, 0.3) is 11.3 Å². The highest BCUT2D eigenvalue weighted by Crippen LogP contribution is 2.36. The number of aryl methyl sites for hydroxylation is 2. The molecule has 1 aromatic heterocycles. The van der Waals surface area contributed by atoms with Crippen LogP contribution in [-0.2, 0) is 24.9 Å². The van der Waals surface area contributed by atoms with Gasteiger partial charge >= 0.3 is 0 Å². The van der Waals surface area contributed by atoms with E-state index in [2.05, 4.69) is 30.0 Å². The summed E-state index contributed by atoms with van der Waals surface area (Å²) in [5.74, 6) is 2.19. The lowest BCUT2D eigenvalue weighted by atomic mass is 10.1. The molecule has 5 rings (SSSR count). The van der Waals surface area contributed by atoms with Crippen molar-refractivity contribution in [3.63, 3.8) is 0 Å². The molecule has 1 fully saturated rings.